The fourth-order valence-electron chi connectivity index (χ4n) is 4.29. The van der Waals surface area contributed by atoms with Crippen molar-refractivity contribution >= 4 is 50.6 Å². The van der Waals surface area contributed by atoms with Crippen LogP contribution in [0.2, 0.25) is 0 Å². The summed E-state index contributed by atoms with van der Waals surface area (Å²) in [6.45, 7) is -0.117. The Hall–Kier alpha value is -5.04. The zero-order valence-electron chi connectivity index (χ0n) is 23.5. The summed E-state index contributed by atoms with van der Waals surface area (Å²) in [4.78, 5) is 31.3. The predicted molar refractivity (Wildman–Crippen MR) is 162 cm³/mol. The number of benzene rings is 3. The summed E-state index contributed by atoms with van der Waals surface area (Å²) in [5, 5.41) is 10.4. The third-order valence-electron chi connectivity index (χ3n) is 6.50. The summed E-state index contributed by atoms with van der Waals surface area (Å²) in [5.74, 6) is 0.882. The molecule has 12 nitrogen and oxygen atoms in total. The highest BCUT2D eigenvalue weighted by molar-refractivity contribution is 7.72. The molecule has 220 valence electrons. The number of rotatable bonds is 10. The average Bonchev–Trinajstić information content (AvgIpc) is 2.98. The highest BCUT2D eigenvalue weighted by Crippen LogP contribution is 2.32. The van der Waals surface area contributed by atoms with E-state index in [2.05, 4.69) is 20.9 Å². The van der Waals surface area contributed by atoms with E-state index in [0.717, 1.165) is 10.8 Å². The molecule has 3 amide bonds. The van der Waals surface area contributed by atoms with E-state index in [0.29, 0.717) is 39.8 Å². The topological polar surface area (TPSA) is 165 Å². The number of hydrogen-bond acceptors (Lipinski definition) is 9. The molecule has 4 aromatic rings. The summed E-state index contributed by atoms with van der Waals surface area (Å²) in [7, 11) is 3.23. The van der Waals surface area contributed by atoms with E-state index < -0.39 is 22.7 Å². The number of anilines is 3. The molecular formula is C29H32N6O6S. The summed E-state index contributed by atoms with van der Waals surface area (Å²) in [6, 6.07) is 15.5. The maximum atomic E-state index is 13.7. The van der Waals surface area contributed by atoms with Crippen LogP contribution in [0.5, 0.6) is 11.5 Å². The molecule has 42 heavy (non-hydrogen) atoms. The Labute approximate surface area is 244 Å². The van der Waals surface area contributed by atoms with Crippen molar-refractivity contribution in [1.82, 2.24) is 15.2 Å². The van der Waals surface area contributed by atoms with Crippen molar-refractivity contribution in [2.24, 2.45) is 0 Å². The number of ether oxygens (including phenoxy) is 2. The third kappa shape index (κ3) is 6.81. The van der Waals surface area contributed by atoms with Crippen molar-refractivity contribution in [3.05, 3.63) is 78.0 Å². The molecule has 1 heterocycles. The number of thiol groups is 1. The molecule has 0 aliphatic heterocycles. The van der Waals surface area contributed by atoms with Crippen LogP contribution in [0.3, 0.4) is 0 Å². The molecule has 0 fully saturated rings. The number of nitrogens with zero attached hydrogens (tertiary/aromatic N) is 2. The maximum Gasteiger partial charge on any atom is 0.321 e. The number of nitrogens with two attached hydrogens (primary N) is 1. The number of carbonyl (C=O) groups excluding carboxylic acids is 2. The van der Waals surface area contributed by atoms with Crippen LogP contribution in [0.4, 0.5) is 22.0 Å². The van der Waals surface area contributed by atoms with Crippen LogP contribution in [0.25, 0.3) is 10.8 Å². The minimum absolute atomic E-state index is 0.0319. The van der Waals surface area contributed by atoms with Crippen molar-refractivity contribution < 1.29 is 27.5 Å². The molecule has 0 bridgehead atoms. The molecule has 5 N–H and O–H groups in total. The van der Waals surface area contributed by atoms with Gasteiger partial charge in [0.15, 0.2) is 22.2 Å². The molecule has 0 unspecified atom stereocenters. The molecule has 1 atom stereocenters. The van der Waals surface area contributed by atoms with Gasteiger partial charge in [-0.05, 0) is 71.1 Å². The van der Waals surface area contributed by atoms with Gasteiger partial charge in [0.05, 0.1) is 19.1 Å². The lowest BCUT2D eigenvalue weighted by molar-refractivity contribution is -0.122. The van der Waals surface area contributed by atoms with Crippen LogP contribution in [0, 0.1) is 0 Å². The first kappa shape index (κ1) is 29.9. The molecule has 0 aliphatic rings. The van der Waals surface area contributed by atoms with E-state index in [1.54, 1.807) is 44.6 Å². The van der Waals surface area contributed by atoms with Gasteiger partial charge in [-0.1, -0.05) is 6.07 Å². The molecule has 3 aromatic carbocycles. The first-order valence-electron chi connectivity index (χ1n) is 12.8. The van der Waals surface area contributed by atoms with Crippen molar-refractivity contribution in [3.63, 3.8) is 0 Å². The van der Waals surface area contributed by atoms with Crippen molar-refractivity contribution in [3.8, 4) is 11.5 Å². The van der Waals surface area contributed by atoms with E-state index in [-0.39, 0.29) is 17.5 Å². The number of amides is 3. The van der Waals surface area contributed by atoms with Gasteiger partial charge in [-0.3, -0.25) is 4.79 Å². The van der Waals surface area contributed by atoms with Gasteiger partial charge < -0.3 is 36.1 Å². The molecule has 13 heteroatoms. The standard InChI is InChI=1S/C29H32N6O6S/c1-35(2)29(37)34-21-7-10-25(42(38)39)19(14-21)16-32-28(36)26(18-5-9-23(40-3)24(15-18)41-4)33-20-6-8-22-17(13-20)11-12-31-27(22)30/h5-15,26,33,42H,16H2,1-4H3,(H2,30,31)(H,32,36)(H,34,37)/t26-/m1/s1. The number of fused-ring (bicyclic) bond motifs is 1. The van der Waals surface area contributed by atoms with Crippen LogP contribution < -0.4 is 31.2 Å². The van der Waals surface area contributed by atoms with Gasteiger partial charge in [0.1, 0.15) is 11.9 Å². The minimum atomic E-state index is -2.96. The predicted octanol–water partition coefficient (Wildman–Crippen LogP) is 3.37. The average molecular weight is 593 g/mol. The summed E-state index contributed by atoms with van der Waals surface area (Å²) in [5.41, 5.74) is 7.91. The van der Waals surface area contributed by atoms with Crippen LogP contribution in [0.15, 0.2) is 71.8 Å². The lowest BCUT2D eigenvalue weighted by atomic mass is 10.0. The van der Waals surface area contributed by atoms with E-state index in [9.17, 15) is 18.0 Å². The highest BCUT2D eigenvalue weighted by atomic mass is 32.2. The number of nitrogens with one attached hydrogen (secondary N) is 3. The van der Waals surface area contributed by atoms with Gasteiger partial charge in [-0.25, -0.2) is 18.2 Å². The van der Waals surface area contributed by atoms with Gasteiger partial charge in [0, 0.05) is 43.6 Å². The van der Waals surface area contributed by atoms with Crippen LogP contribution in [-0.2, 0) is 22.0 Å². The first-order valence-corrected chi connectivity index (χ1v) is 13.9. The van der Waals surface area contributed by atoms with E-state index in [1.807, 2.05) is 18.2 Å². The normalized spacial score (nSPS) is 11.5. The van der Waals surface area contributed by atoms with Crippen LogP contribution >= 0.6 is 0 Å². The monoisotopic (exact) mass is 592 g/mol. The Morgan fingerprint density at radius 1 is 0.952 bits per heavy atom. The van der Waals surface area contributed by atoms with E-state index in [1.165, 1.54) is 37.3 Å². The van der Waals surface area contributed by atoms with Gasteiger partial charge >= 0.3 is 6.03 Å². The first-order chi connectivity index (χ1) is 20.1. The largest absolute Gasteiger partial charge is 0.493 e. The fourth-order valence-corrected chi connectivity index (χ4v) is 4.87. The van der Waals surface area contributed by atoms with Crippen molar-refractivity contribution in [1.29, 1.82) is 0 Å². The SMILES string of the molecule is COc1ccc([C@@H](Nc2ccc3c(N)nccc3c2)C(=O)NCc2cc(NC(=O)N(C)C)ccc2[SH](=O)=O)cc1OC. The molecule has 0 spiro atoms. The van der Waals surface area contributed by atoms with Gasteiger partial charge in [0.25, 0.3) is 0 Å². The third-order valence-corrected chi connectivity index (χ3v) is 7.33. The smallest absolute Gasteiger partial charge is 0.321 e. The Morgan fingerprint density at radius 3 is 2.38 bits per heavy atom. The number of carbonyl (C=O) groups is 2. The number of pyridine rings is 1. The lowest BCUT2D eigenvalue weighted by Crippen LogP contribution is -2.33. The zero-order chi connectivity index (χ0) is 30.4. The van der Waals surface area contributed by atoms with Crippen molar-refractivity contribution in [2.45, 2.75) is 17.5 Å². The zero-order valence-corrected chi connectivity index (χ0v) is 24.4. The molecule has 1 aromatic heterocycles. The number of methoxy groups -OCH3 is 2. The second kappa shape index (κ2) is 13.1. The second-order valence-corrected chi connectivity index (χ2v) is 10.5. The Morgan fingerprint density at radius 2 is 1.69 bits per heavy atom. The Bertz CT molecular complexity index is 1700. The molecule has 4 rings (SSSR count). The number of aromatic nitrogens is 1. The van der Waals surface area contributed by atoms with Gasteiger partial charge in [-0.2, -0.15) is 0 Å². The summed E-state index contributed by atoms with van der Waals surface area (Å²) in [6.07, 6.45) is 1.60. The van der Waals surface area contributed by atoms with Crippen LogP contribution in [0.1, 0.15) is 17.2 Å². The maximum absolute atomic E-state index is 13.7. The van der Waals surface area contributed by atoms with E-state index in [4.69, 9.17) is 15.2 Å². The van der Waals surface area contributed by atoms with Gasteiger partial charge in [0.2, 0.25) is 5.91 Å². The van der Waals surface area contributed by atoms with Crippen LogP contribution in [-0.4, -0.2) is 58.6 Å². The van der Waals surface area contributed by atoms with Gasteiger partial charge in [-0.15, -0.1) is 0 Å². The molecular weight excluding hydrogens is 560 g/mol. The Kier molecular flexibility index (Phi) is 9.32. The lowest BCUT2D eigenvalue weighted by Gasteiger charge is -2.22. The number of urea groups is 1. The molecule has 0 radical (unpaired) electrons. The molecule has 0 saturated heterocycles. The molecule has 0 aliphatic carbocycles. The number of hydrogen-bond donors (Lipinski definition) is 5. The Balaban J connectivity index is 1.66. The minimum Gasteiger partial charge on any atom is -0.493 e. The summed E-state index contributed by atoms with van der Waals surface area (Å²) >= 11 is 0. The second-order valence-electron chi connectivity index (χ2n) is 9.47. The number of nitrogen functional groups attached to an aromatic ring is 1. The summed E-state index contributed by atoms with van der Waals surface area (Å²) < 4.78 is 34.7. The quantitative estimate of drug-likeness (QED) is 0.174. The van der Waals surface area contributed by atoms with E-state index >= 15 is 0 Å². The highest BCUT2D eigenvalue weighted by Gasteiger charge is 2.23. The fraction of sp³-hybridized carbons (Fsp3) is 0.207. The molecule has 0 saturated carbocycles. The van der Waals surface area contributed by atoms with Crippen molar-refractivity contribution in [2.75, 3.05) is 44.7 Å².